The summed E-state index contributed by atoms with van der Waals surface area (Å²) >= 11 is 1.13. The lowest BCUT2D eigenvalue weighted by Gasteiger charge is -2.23. The number of ether oxygens (including phenoxy) is 1. The molecule has 0 spiro atoms. The Balaban J connectivity index is 1.53. The van der Waals surface area contributed by atoms with Crippen molar-refractivity contribution >= 4 is 44.1 Å². The van der Waals surface area contributed by atoms with Gasteiger partial charge in [0.1, 0.15) is 23.4 Å². The second-order valence-corrected chi connectivity index (χ2v) is 11.1. The van der Waals surface area contributed by atoms with Crippen molar-refractivity contribution in [2.45, 2.75) is 45.3 Å². The Bertz CT molecular complexity index is 1640. The van der Waals surface area contributed by atoms with Crippen molar-refractivity contribution in [1.82, 2.24) is 4.98 Å². The molecule has 0 unspecified atom stereocenters. The van der Waals surface area contributed by atoms with Gasteiger partial charge in [-0.25, -0.2) is 9.37 Å². The van der Waals surface area contributed by atoms with Crippen LogP contribution in [-0.4, -0.2) is 27.9 Å². The molecule has 0 bridgehead atoms. The van der Waals surface area contributed by atoms with E-state index in [0.29, 0.717) is 33.7 Å². The van der Waals surface area contributed by atoms with Crippen LogP contribution in [0.25, 0.3) is 16.0 Å². The summed E-state index contributed by atoms with van der Waals surface area (Å²) in [5.74, 6) is -1.20. The van der Waals surface area contributed by atoms with Gasteiger partial charge in [-0.15, -0.1) is 0 Å². The van der Waals surface area contributed by atoms with E-state index in [1.165, 1.54) is 17.0 Å². The summed E-state index contributed by atoms with van der Waals surface area (Å²) in [6.45, 7) is 6.13. The van der Waals surface area contributed by atoms with Crippen LogP contribution in [0, 0.1) is 5.82 Å². The molecule has 2 aliphatic heterocycles. The summed E-state index contributed by atoms with van der Waals surface area (Å²) in [7, 11) is 0. The average molecular weight is 529 g/mol. The summed E-state index contributed by atoms with van der Waals surface area (Å²) in [4.78, 5) is 32.9. The summed E-state index contributed by atoms with van der Waals surface area (Å²) < 4.78 is 20.2. The number of carbonyl (C=O) groups is 2. The van der Waals surface area contributed by atoms with Crippen molar-refractivity contribution in [2.75, 3.05) is 4.90 Å². The Morgan fingerprint density at radius 3 is 2.61 bits per heavy atom. The van der Waals surface area contributed by atoms with Crippen LogP contribution in [0.5, 0.6) is 5.75 Å². The van der Waals surface area contributed by atoms with Crippen LogP contribution in [-0.2, 0) is 16.0 Å². The maximum Gasteiger partial charge on any atom is 0.301 e. The number of hydrogen-bond donors (Lipinski definition) is 1. The molecule has 192 valence electrons. The summed E-state index contributed by atoms with van der Waals surface area (Å²) in [6.07, 6.45) is 0.712. The van der Waals surface area contributed by atoms with Crippen molar-refractivity contribution < 1.29 is 23.8 Å². The van der Waals surface area contributed by atoms with Gasteiger partial charge >= 0.3 is 5.91 Å². The van der Waals surface area contributed by atoms with E-state index in [1.54, 1.807) is 24.3 Å². The Hall–Kier alpha value is -4.04. The molecular formula is C30H25FN2O4S. The maximum absolute atomic E-state index is 13.9. The predicted octanol–water partition coefficient (Wildman–Crippen LogP) is 6.51. The fourth-order valence-corrected chi connectivity index (χ4v) is 6.14. The molecule has 8 heteroatoms. The topological polar surface area (TPSA) is 79.7 Å². The van der Waals surface area contributed by atoms with Gasteiger partial charge in [-0.3, -0.25) is 14.5 Å². The number of nitrogens with zero attached hydrogens (tertiary/aromatic N) is 2. The first-order chi connectivity index (χ1) is 18.2. The van der Waals surface area contributed by atoms with E-state index in [4.69, 9.17) is 4.74 Å². The normalized spacial score (nSPS) is 20.4. The number of thiazole rings is 1. The number of amides is 1. The van der Waals surface area contributed by atoms with Gasteiger partial charge in [0.05, 0.1) is 21.8 Å². The number of aliphatic hydroxyl groups is 1. The van der Waals surface area contributed by atoms with Gasteiger partial charge in [0.2, 0.25) is 0 Å². The van der Waals surface area contributed by atoms with Crippen molar-refractivity contribution in [3.8, 4) is 5.75 Å². The van der Waals surface area contributed by atoms with Gasteiger partial charge in [0.25, 0.3) is 5.78 Å². The van der Waals surface area contributed by atoms with Crippen LogP contribution in [0.4, 0.5) is 9.52 Å². The van der Waals surface area contributed by atoms with Crippen molar-refractivity contribution in [3.05, 3.63) is 94.3 Å². The minimum absolute atomic E-state index is 0.00959. The summed E-state index contributed by atoms with van der Waals surface area (Å²) in [5.41, 5.74) is 3.66. The lowest BCUT2D eigenvalue weighted by atomic mass is 9.93. The molecule has 0 aliphatic carbocycles. The number of ketones is 1. The van der Waals surface area contributed by atoms with Crippen LogP contribution in [0.3, 0.4) is 0 Å². The zero-order chi connectivity index (χ0) is 26.7. The number of halogens is 1. The zero-order valence-electron chi connectivity index (χ0n) is 21.1. The molecule has 1 amide bonds. The molecule has 1 saturated heterocycles. The van der Waals surface area contributed by atoms with E-state index < -0.39 is 23.5 Å². The Labute approximate surface area is 223 Å². The third-order valence-corrected chi connectivity index (χ3v) is 8.10. The van der Waals surface area contributed by atoms with Crippen LogP contribution >= 0.6 is 11.3 Å². The standard InChI is InChI=1S/C30H25FN2O4S/c1-15(2)17-4-6-18(7-5-17)26-25(27(34)19-8-11-23-20(13-19)12-16(3)37-23)28(35)29(36)33(26)30-32-22-10-9-21(31)14-24(22)38-30/h4-11,13-16,26,34H,12H2,1-3H3/b27-25+/t16-,26+/m0/s1. The fourth-order valence-electron chi connectivity index (χ4n) is 5.12. The average Bonchev–Trinajstić information content (AvgIpc) is 3.55. The predicted molar refractivity (Wildman–Crippen MR) is 145 cm³/mol. The number of aliphatic hydroxyl groups excluding tert-OH is 1. The minimum atomic E-state index is -0.898. The van der Waals surface area contributed by atoms with Crippen LogP contribution in [0.15, 0.2) is 66.2 Å². The molecule has 0 radical (unpaired) electrons. The van der Waals surface area contributed by atoms with Gasteiger partial charge in [0.15, 0.2) is 5.13 Å². The summed E-state index contributed by atoms with van der Waals surface area (Å²) in [5, 5.41) is 11.8. The number of fused-ring (bicyclic) bond motifs is 2. The molecule has 1 N–H and O–H groups in total. The van der Waals surface area contributed by atoms with Crippen LogP contribution < -0.4 is 9.64 Å². The molecule has 38 heavy (non-hydrogen) atoms. The van der Waals surface area contributed by atoms with Gasteiger partial charge in [-0.2, -0.15) is 0 Å². The first-order valence-corrected chi connectivity index (χ1v) is 13.3. The number of hydrogen-bond acceptors (Lipinski definition) is 6. The van der Waals surface area contributed by atoms with Gasteiger partial charge in [-0.05, 0) is 65.9 Å². The second-order valence-electron chi connectivity index (χ2n) is 10.1. The van der Waals surface area contributed by atoms with E-state index in [-0.39, 0.29) is 22.6 Å². The molecule has 1 fully saturated rings. The number of rotatable bonds is 4. The van der Waals surface area contributed by atoms with Gasteiger partial charge in [-0.1, -0.05) is 49.4 Å². The monoisotopic (exact) mass is 528 g/mol. The van der Waals surface area contributed by atoms with Gasteiger partial charge < -0.3 is 9.84 Å². The molecule has 4 aromatic rings. The third kappa shape index (κ3) is 3.96. The summed E-state index contributed by atoms with van der Waals surface area (Å²) in [6, 6.07) is 16.2. The SMILES string of the molecule is CC(C)c1ccc([C@@H]2/C(=C(\O)c3ccc4c(c3)C[C@H](C)O4)C(=O)C(=O)N2c2nc3ccc(F)cc3s2)cc1. The maximum atomic E-state index is 13.9. The zero-order valence-corrected chi connectivity index (χ0v) is 21.9. The molecule has 6 rings (SSSR count). The lowest BCUT2D eigenvalue weighted by molar-refractivity contribution is -0.132. The molecule has 1 aromatic heterocycles. The Morgan fingerprint density at radius 1 is 1.11 bits per heavy atom. The highest BCUT2D eigenvalue weighted by molar-refractivity contribution is 7.22. The molecular weight excluding hydrogens is 503 g/mol. The highest BCUT2D eigenvalue weighted by atomic mass is 32.1. The largest absolute Gasteiger partial charge is 0.507 e. The smallest absolute Gasteiger partial charge is 0.301 e. The molecule has 3 aromatic carbocycles. The van der Waals surface area contributed by atoms with Crippen LogP contribution in [0.1, 0.15) is 55.0 Å². The number of benzene rings is 3. The van der Waals surface area contributed by atoms with Crippen molar-refractivity contribution in [1.29, 1.82) is 0 Å². The Morgan fingerprint density at radius 2 is 1.87 bits per heavy atom. The quantitative estimate of drug-likeness (QED) is 0.186. The number of Topliss-reactive ketones (excluding diaryl/α,β-unsaturated/α-hetero) is 1. The molecule has 0 saturated carbocycles. The van der Waals surface area contributed by atoms with Crippen molar-refractivity contribution in [2.24, 2.45) is 0 Å². The highest BCUT2D eigenvalue weighted by Crippen LogP contribution is 2.45. The van der Waals surface area contributed by atoms with E-state index in [2.05, 4.69) is 18.8 Å². The molecule has 6 nitrogen and oxygen atoms in total. The molecule has 2 atom stereocenters. The van der Waals surface area contributed by atoms with Crippen LogP contribution in [0.2, 0.25) is 0 Å². The molecule has 2 aliphatic rings. The first-order valence-electron chi connectivity index (χ1n) is 12.5. The van der Waals surface area contributed by atoms with E-state index in [1.807, 2.05) is 31.2 Å². The minimum Gasteiger partial charge on any atom is -0.507 e. The molecule has 3 heterocycles. The fraction of sp³-hybridized carbons (Fsp3) is 0.233. The lowest BCUT2D eigenvalue weighted by Crippen LogP contribution is -2.29. The number of carbonyl (C=O) groups excluding carboxylic acids is 2. The number of anilines is 1. The van der Waals surface area contributed by atoms with Crippen molar-refractivity contribution in [3.63, 3.8) is 0 Å². The van der Waals surface area contributed by atoms with E-state index >= 15 is 0 Å². The van der Waals surface area contributed by atoms with E-state index in [9.17, 15) is 19.1 Å². The highest BCUT2D eigenvalue weighted by Gasteiger charge is 2.48. The number of aromatic nitrogens is 1. The Kier molecular flexibility index (Phi) is 5.79. The second kappa shape index (κ2) is 9.06. The van der Waals surface area contributed by atoms with E-state index in [0.717, 1.165) is 28.2 Å². The van der Waals surface area contributed by atoms with Gasteiger partial charge in [0, 0.05) is 12.0 Å². The first kappa shape index (κ1) is 24.3. The third-order valence-electron chi connectivity index (χ3n) is 7.08.